The lowest BCUT2D eigenvalue weighted by atomic mass is 10.1. The van der Waals surface area contributed by atoms with E-state index < -0.39 is 0 Å². The van der Waals surface area contributed by atoms with Crippen LogP contribution in [0.25, 0.3) is 0 Å². The normalized spacial score (nSPS) is 25.4. The molecule has 0 radical (unpaired) electrons. The van der Waals surface area contributed by atoms with Gasteiger partial charge in [-0.3, -0.25) is 14.4 Å². The van der Waals surface area contributed by atoms with Gasteiger partial charge in [0, 0.05) is 52.3 Å². The molecule has 28 heavy (non-hydrogen) atoms. The Kier molecular flexibility index (Phi) is 5.62. The first-order valence-corrected chi connectivity index (χ1v) is 10.1. The van der Waals surface area contributed by atoms with Gasteiger partial charge in [-0.05, 0) is 18.4 Å². The first kappa shape index (κ1) is 18.9. The molecule has 2 atom stereocenters. The van der Waals surface area contributed by atoms with Crippen molar-refractivity contribution in [3.8, 4) is 0 Å². The minimum atomic E-state index is -0.304. The molecule has 0 N–H and O–H groups in total. The van der Waals surface area contributed by atoms with Crippen LogP contribution in [0.5, 0.6) is 0 Å². The Morgan fingerprint density at radius 3 is 2.32 bits per heavy atom. The Morgan fingerprint density at radius 2 is 1.68 bits per heavy atom. The fraction of sp³-hybridized carbons (Fsp3) is 0.571. The van der Waals surface area contributed by atoms with Crippen molar-refractivity contribution in [3.63, 3.8) is 0 Å². The molecule has 0 aromatic heterocycles. The summed E-state index contributed by atoms with van der Waals surface area (Å²) in [6.45, 7) is 3.82. The zero-order chi connectivity index (χ0) is 19.5. The van der Waals surface area contributed by atoms with Crippen LogP contribution in [0.4, 0.5) is 0 Å². The number of benzene rings is 1. The maximum Gasteiger partial charge on any atom is 0.251 e. The fourth-order valence-corrected chi connectivity index (χ4v) is 4.28. The van der Waals surface area contributed by atoms with E-state index in [1.54, 1.807) is 9.80 Å². The van der Waals surface area contributed by atoms with Gasteiger partial charge in [0.25, 0.3) is 5.91 Å². The molecular formula is C21H27N3O4. The third-order valence-electron chi connectivity index (χ3n) is 5.89. The van der Waals surface area contributed by atoms with Gasteiger partial charge >= 0.3 is 0 Å². The summed E-state index contributed by atoms with van der Waals surface area (Å²) in [6, 6.07) is 9.84. The Hall–Kier alpha value is -2.41. The number of amides is 3. The predicted molar refractivity (Wildman–Crippen MR) is 102 cm³/mol. The zero-order valence-corrected chi connectivity index (χ0v) is 16.1. The van der Waals surface area contributed by atoms with E-state index in [2.05, 4.69) is 0 Å². The van der Waals surface area contributed by atoms with Crippen molar-refractivity contribution in [1.29, 1.82) is 0 Å². The van der Waals surface area contributed by atoms with Crippen molar-refractivity contribution in [2.45, 2.75) is 31.9 Å². The Bertz CT molecular complexity index is 724. The zero-order valence-electron chi connectivity index (χ0n) is 16.1. The summed E-state index contributed by atoms with van der Waals surface area (Å²) in [4.78, 5) is 43.1. The van der Waals surface area contributed by atoms with E-state index in [0.717, 1.165) is 18.4 Å². The highest BCUT2D eigenvalue weighted by Gasteiger charge is 2.38. The number of piperazine rings is 1. The van der Waals surface area contributed by atoms with E-state index in [-0.39, 0.29) is 36.2 Å². The third-order valence-corrected chi connectivity index (χ3v) is 5.89. The highest BCUT2D eigenvalue weighted by molar-refractivity contribution is 5.89. The van der Waals surface area contributed by atoms with Gasteiger partial charge in [-0.25, -0.2) is 0 Å². The molecule has 3 fully saturated rings. The molecule has 3 aliphatic rings. The summed E-state index contributed by atoms with van der Waals surface area (Å²) in [5, 5.41) is 0. The highest BCUT2D eigenvalue weighted by atomic mass is 16.5. The summed E-state index contributed by atoms with van der Waals surface area (Å²) in [7, 11) is 0. The van der Waals surface area contributed by atoms with Crippen LogP contribution in [0.15, 0.2) is 30.3 Å². The number of hydrogen-bond acceptors (Lipinski definition) is 4. The molecular weight excluding hydrogens is 358 g/mol. The molecule has 3 aliphatic heterocycles. The maximum absolute atomic E-state index is 12.9. The van der Waals surface area contributed by atoms with Gasteiger partial charge in [0.05, 0.1) is 5.92 Å². The summed E-state index contributed by atoms with van der Waals surface area (Å²) >= 11 is 0. The lowest BCUT2D eigenvalue weighted by molar-refractivity contribution is -0.147. The van der Waals surface area contributed by atoms with Crippen LogP contribution in [0.2, 0.25) is 0 Å². The van der Waals surface area contributed by atoms with Crippen molar-refractivity contribution in [2.75, 3.05) is 39.3 Å². The van der Waals surface area contributed by atoms with Gasteiger partial charge < -0.3 is 19.4 Å². The second kappa shape index (κ2) is 8.31. The molecule has 3 amide bonds. The van der Waals surface area contributed by atoms with Crippen molar-refractivity contribution in [1.82, 2.24) is 14.7 Å². The van der Waals surface area contributed by atoms with Gasteiger partial charge in [0.15, 0.2) is 0 Å². The van der Waals surface area contributed by atoms with Gasteiger partial charge in [-0.15, -0.1) is 0 Å². The molecule has 1 aromatic carbocycles. The van der Waals surface area contributed by atoms with Crippen LogP contribution < -0.4 is 0 Å². The molecule has 0 saturated carbocycles. The molecule has 0 spiro atoms. The Labute approximate surface area is 165 Å². The fourth-order valence-electron chi connectivity index (χ4n) is 4.28. The maximum atomic E-state index is 12.9. The molecule has 3 heterocycles. The van der Waals surface area contributed by atoms with Crippen molar-refractivity contribution in [3.05, 3.63) is 35.9 Å². The van der Waals surface area contributed by atoms with Crippen molar-refractivity contribution < 1.29 is 19.1 Å². The number of ether oxygens (including phenoxy) is 1. The molecule has 7 nitrogen and oxygen atoms in total. The largest absolute Gasteiger partial charge is 0.368 e. The van der Waals surface area contributed by atoms with Gasteiger partial charge in [-0.2, -0.15) is 0 Å². The van der Waals surface area contributed by atoms with Crippen molar-refractivity contribution >= 4 is 17.7 Å². The Morgan fingerprint density at radius 1 is 1.00 bits per heavy atom. The second-order valence-corrected chi connectivity index (χ2v) is 7.81. The smallest absolute Gasteiger partial charge is 0.251 e. The summed E-state index contributed by atoms with van der Waals surface area (Å²) in [5.41, 5.74) is 1.07. The quantitative estimate of drug-likeness (QED) is 0.772. The number of rotatable bonds is 4. The van der Waals surface area contributed by atoms with E-state index >= 15 is 0 Å². The number of carbonyl (C=O) groups is 3. The van der Waals surface area contributed by atoms with Crippen LogP contribution in [0.3, 0.4) is 0 Å². The van der Waals surface area contributed by atoms with E-state index in [1.807, 2.05) is 35.2 Å². The standard InChI is InChI=1S/C21H27N3O4/c25-19-13-17(15-24(19)14-16-5-2-1-3-6-16)20(26)22-8-10-23(11-9-22)21(27)18-7-4-12-28-18/h1-3,5-6,17-18H,4,7-15H2/t17-,18-/m0/s1. The summed E-state index contributed by atoms with van der Waals surface area (Å²) in [6.07, 6.45) is 1.70. The van der Waals surface area contributed by atoms with Crippen LogP contribution >= 0.6 is 0 Å². The van der Waals surface area contributed by atoms with Crippen LogP contribution in [-0.2, 0) is 25.7 Å². The molecule has 1 aromatic rings. The van der Waals surface area contributed by atoms with Crippen LogP contribution in [0, 0.1) is 5.92 Å². The second-order valence-electron chi connectivity index (χ2n) is 7.81. The molecule has 3 saturated heterocycles. The SMILES string of the molecule is O=C1C[C@H](C(=O)N2CCN(C(=O)[C@@H]3CCCO3)CC2)CN1Cc1ccccc1. The highest BCUT2D eigenvalue weighted by Crippen LogP contribution is 2.23. The molecule has 0 bridgehead atoms. The van der Waals surface area contributed by atoms with Crippen molar-refractivity contribution in [2.24, 2.45) is 5.92 Å². The molecule has 150 valence electrons. The molecule has 0 aliphatic carbocycles. The molecule has 4 rings (SSSR count). The lowest BCUT2D eigenvalue weighted by Gasteiger charge is -2.36. The van der Waals surface area contributed by atoms with E-state index in [9.17, 15) is 14.4 Å². The van der Waals surface area contributed by atoms with Gasteiger partial charge in [-0.1, -0.05) is 30.3 Å². The predicted octanol–water partition coefficient (Wildman–Crippen LogP) is 0.885. The minimum absolute atomic E-state index is 0.0353. The lowest BCUT2D eigenvalue weighted by Crippen LogP contribution is -2.54. The Balaban J connectivity index is 1.28. The summed E-state index contributed by atoms with van der Waals surface area (Å²) < 4.78 is 5.48. The third kappa shape index (κ3) is 4.04. The molecule has 0 unspecified atom stereocenters. The molecule has 7 heteroatoms. The van der Waals surface area contributed by atoms with E-state index in [0.29, 0.717) is 45.9 Å². The number of carbonyl (C=O) groups excluding carboxylic acids is 3. The van der Waals surface area contributed by atoms with E-state index in [4.69, 9.17) is 4.74 Å². The van der Waals surface area contributed by atoms with Crippen LogP contribution in [0.1, 0.15) is 24.8 Å². The van der Waals surface area contributed by atoms with Gasteiger partial charge in [0.1, 0.15) is 6.10 Å². The monoisotopic (exact) mass is 385 g/mol. The number of likely N-dealkylation sites (tertiary alicyclic amines) is 1. The first-order valence-electron chi connectivity index (χ1n) is 10.1. The summed E-state index contributed by atoms with van der Waals surface area (Å²) in [5.74, 6) is -0.158. The number of nitrogens with zero attached hydrogens (tertiary/aromatic N) is 3. The average Bonchev–Trinajstić information content (AvgIpc) is 3.38. The topological polar surface area (TPSA) is 70.2 Å². The first-order chi connectivity index (χ1) is 13.6. The number of hydrogen-bond donors (Lipinski definition) is 0. The minimum Gasteiger partial charge on any atom is -0.368 e. The van der Waals surface area contributed by atoms with E-state index in [1.165, 1.54) is 0 Å². The average molecular weight is 385 g/mol. The van der Waals surface area contributed by atoms with Gasteiger partial charge in [0.2, 0.25) is 11.8 Å². The van der Waals surface area contributed by atoms with Crippen LogP contribution in [-0.4, -0.2) is 77.9 Å².